The van der Waals surface area contributed by atoms with Crippen LogP contribution in [0.4, 0.5) is 5.69 Å². The molecule has 1 aliphatic rings. The molecule has 0 radical (unpaired) electrons. The maximum absolute atomic E-state index is 4.42. The summed E-state index contributed by atoms with van der Waals surface area (Å²) in [6, 6.07) is 7.29. The number of imidazole rings is 1. The van der Waals surface area contributed by atoms with Gasteiger partial charge in [-0.25, -0.2) is 4.98 Å². The summed E-state index contributed by atoms with van der Waals surface area (Å²) >= 11 is 0. The lowest BCUT2D eigenvalue weighted by Crippen LogP contribution is -2.53. The molecule has 1 aromatic heterocycles. The first-order valence-electron chi connectivity index (χ1n) is 9.22. The van der Waals surface area contributed by atoms with Crippen LogP contribution in [0.3, 0.4) is 0 Å². The van der Waals surface area contributed by atoms with E-state index in [-0.39, 0.29) is 0 Å². The van der Waals surface area contributed by atoms with Crippen molar-refractivity contribution in [2.24, 2.45) is 0 Å². The second-order valence-electron chi connectivity index (χ2n) is 6.99. The number of aryl methyl sites for hydroxylation is 1. The van der Waals surface area contributed by atoms with Crippen LogP contribution < -0.4 is 4.90 Å². The number of hydrogen-bond donors (Lipinski definition) is 1. The highest BCUT2D eigenvalue weighted by Crippen LogP contribution is 2.27. The topological polar surface area (TPSA) is 35.2 Å². The fourth-order valence-corrected chi connectivity index (χ4v) is 3.70. The highest BCUT2D eigenvalue weighted by atomic mass is 15.3. The first-order valence-corrected chi connectivity index (χ1v) is 9.22. The molecule has 1 atom stereocenters. The number of aromatic nitrogens is 2. The van der Waals surface area contributed by atoms with Crippen LogP contribution in [0.15, 0.2) is 30.7 Å². The first-order chi connectivity index (χ1) is 11.7. The monoisotopic (exact) mass is 326 g/mol. The van der Waals surface area contributed by atoms with E-state index in [4.69, 9.17) is 0 Å². The Morgan fingerprint density at radius 3 is 2.88 bits per heavy atom. The zero-order valence-electron chi connectivity index (χ0n) is 15.3. The molecule has 130 valence electrons. The van der Waals surface area contributed by atoms with Crippen molar-refractivity contribution < 1.29 is 0 Å². The average molecular weight is 326 g/mol. The summed E-state index contributed by atoms with van der Waals surface area (Å²) in [4.78, 5) is 12.7. The number of anilines is 1. The number of aromatic amines is 1. The predicted molar refractivity (Wildman–Crippen MR) is 100 cm³/mol. The summed E-state index contributed by atoms with van der Waals surface area (Å²) in [5, 5.41) is 0. The Bertz CT molecular complexity index is 635. The quantitative estimate of drug-likeness (QED) is 0.874. The fourth-order valence-electron chi connectivity index (χ4n) is 3.70. The smallest absolute Gasteiger partial charge is 0.0923 e. The second kappa shape index (κ2) is 7.84. The molecule has 1 aliphatic heterocycles. The Labute approximate surface area is 145 Å². The molecule has 4 heteroatoms. The van der Waals surface area contributed by atoms with Gasteiger partial charge in [0.05, 0.1) is 12.0 Å². The van der Waals surface area contributed by atoms with E-state index in [1.54, 1.807) is 6.33 Å². The minimum Gasteiger partial charge on any atom is -0.368 e. The fraction of sp³-hybridized carbons (Fsp3) is 0.550. The Kier molecular flexibility index (Phi) is 5.56. The third-order valence-corrected chi connectivity index (χ3v) is 5.33. The van der Waals surface area contributed by atoms with Crippen LogP contribution in [0.5, 0.6) is 0 Å². The number of unbranched alkanes of at least 4 members (excludes halogenated alkanes) is 1. The minimum atomic E-state index is 0.607. The molecule has 1 saturated heterocycles. The third-order valence-electron chi connectivity index (χ3n) is 5.33. The minimum absolute atomic E-state index is 0.607. The molecule has 2 aromatic rings. The molecule has 0 unspecified atom stereocenters. The van der Waals surface area contributed by atoms with Crippen LogP contribution in [0.25, 0.3) is 0 Å². The number of benzene rings is 1. The molecule has 1 fully saturated rings. The Morgan fingerprint density at radius 1 is 1.25 bits per heavy atom. The second-order valence-corrected chi connectivity index (χ2v) is 6.99. The first kappa shape index (κ1) is 17.0. The third kappa shape index (κ3) is 3.81. The van der Waals surface area contributed by atoms with Crippen molar-refractivity contribution in [1.82, 2.24) is 14.9 Å². The number of H-pyrrole nitrogens is 1. The standard InChI is InChI=1S/C20H30N4/c1-4-5-8-19-14-24(20-9-6-7-16(2)17(20)3)11-10-23(19)13-18-12-21-15-22-18/h6-7,9,12,15,19H,4-5,8,10-11,13-14H2,1-3H3,(H,21,22)/t19-/m0/s1. The lowest BCUT2D eigenvalue weighted by molar-refractivity contribution is 0.155. The summed E-state index contributed by atoms with van der Waals surface area (Å²) in [6.45, 7) is 11.0. The van der Waals surface area contributed by atoms with Crippen LogP contribution in [0.2, 0.25) is 0 Å². The van der Waals surface area contributed by atoms with E-state index in [2.05, 4.69) is 58.7 Å². The van der Waals surface area contributed by atoms with Crippen molar-refractivity contribution in [3.8, 4) is 0 Å². The molecule has 2 heterocycles. The van der Waals surface area contributed by atoms with Gasteiger partial charge in [-0.15, -0.1) is 0 Å². The largest absolute Gasteiger partial charge is 0.368 e. The normalized spacial score (nSPS) is 19.0. The van der Waals surface area contributed by atoms with Crippen molar-refractivity contribution in [3.05, 3.63) is 47.5 Å². The van der Waals surface area contributed by atoms with Crippen molar-refractivity contribution in [3.63, 3.8) is 0 Å². The van der Waals surface area contributed by atoms with E-state index >= 15 is 0 Å². The zero-order chi connectivity index (χ0) is 16.9. The van der Waals surface area contributed by atoms with Gasteiger partial charge in [-0.05, 0) is 37.5 Å². The van der Waals surface area contributed by atoms with Crippen molar-refractivity contribution in [2.45, 2.75) is 52.6 Å². The summed E-state index contributed by atoms with van der Waals surface area (Å²) in [7, 11) is 0. The van der Waals surface area contributed by atoms with Gasteiger partial charge in [0.25, 0.3) is 0 Å². The van der Waals surface area contributed by atoms with E-state index in [0.717, 1.165) is 31.9 Å². The summed E-state index contributed by atoms with van der Waals surface area (Å²) in [6.07, 6.45) is 7.62. The highest BCUT2D eigenvalue weighted by Gasteiger charge is 2.27. The highest BCUT2D eigenvalue weighted by molar-refractivity contribution is 5.56. The van der Waals surface area contributed by atoms with Crippen molar-refractivity contribution >= 4 is 5.69 Å². The van der Waals surface area contributed by atoms with Crippen LogP contribution in [-0.4, -0.2) is 40.5 Å². The summed E-state index contributed by atoms with van der Waals surface area (Å²) < 4.78 is 0. The van der Waals surface area contributed by atoms with Crippen molar-refractivity contribution in [1.29, 1.82) is 0 Å². The molecule has 0 amide bonds. The number of nitrogens with one attached hydrogen (secondary N) is 1. The van der Waals surface area contributed by atoms with E-state index in [1.807, 2.05) is 6.20 Å². The molecule has 1 N–H and O–H groups in total. The van der Waals surface area contributed by atoms with Gasteiger partial charge in [-0.2, -0.15) is 0 Å². The van der Waals surface area contributed by atoms with Gasteiger partial charge in [0.2, 0.25) is 0 Å². The summed E-state index contributed by atoms with van der Waals surface area (Å²) in [5.41, 5.74) is 5.37. The van der Waals surface area contributed by atoms with Gasteiger partial charge in [0.1, 0.15) is 0 Å². The SMILES string of the molecule is CCCC[C@H]1CN(c2cccc(C)c2C)CCN1Cc1c[nH]cn1. The number of nitrogens with zero attached hydrogens (tertiary/aromatic N) is 3. The molecule has 0 aliphatic carbocycles. The van der Waals surface area contributed by atoms with Crippen molar-refractivity contribution in [2.75, 3.05) is 24.5 Å². The van der Waals surface area contributed by atoms with Gasteiger partial charge >= 0.3 is 0 Å². The van der Waals surface area contributed by atoms with E-state index in [0.29, 0.717) is 6.04 Å². The van der Waals surface area contributed by atoms with Crippen LogP contribution >= 0.6 is 0 Å². The van der Waals surface area contributed by atoms with Crippen LogP contribution in [0, 0.1) is 13.8 Å². The van der Waals surface area contributed by atoms with E-state index in [9.17, 15) is 0 Å². The van der Waals surface area contributed by atoms with E-state index < -0.39 is 0 Å². The Morgan fingerprint density at radius 2 is 2.12 bits per heavy atom. The molecule has 1 aromatic carbocycles. The predicted octanol–water partition coefficient (Wildman–Crippen LogP) is 3.91. The molecular weight excluding hydrogens is 296 g/mol. The molecule has 3 rings (SSSR count). The Hall–Kier alpha value is -1.81. The molecule has 24 heavy (non-hydrogen) atoms. The number of piperazine rings is 1. The molecule has 4 nitrogen and oxygen atoms in total. The molecule has 0 bridgehead atoms. The molecular formula is C20H30N4. The van der Waals surface area contributed by atoms with Gasteiger partial charge in [0, 0.05) is 44.1 Å². The number of rotatable bonds is 6. The van der Waals surface area contributed by atoms with Gasteiger partial charge in [-0.1, -0.05) is 31.9 Å². The van der Waals surface area contributed by atoms with Gasteiger partial charge < -0.3 is 9.88 Å². The molecule has 0 saturated carbocycles. The number of hydrogen-bond acceptors (Lipinski definition) is 3. The summed E-state index contributed by atoms with van der Waals surface area (Å²) in [5.74, 6) is 0. The van der Waals surface area contributed by atoms with Crippen LogP contribution in [-0.2, 0) is 6.54 Å². The average Bonchev–Trinajstić information content (AvgIpc) is 3.09. The lowest BCUT2D eigenvalue weighted by atomic mass is 10.0. The van der Waals surface area contributed by atoms with Gasteiger partial charge in [0.15, 0.2) is 0 Å². The van der Waals surface area contributed by atoms with Crippen LogP contribution in [0.1, 0.15) is 43.0 Å². The molecule has 0 spiro atoms. The maximum Gasteiger partial charge on any atom is 0.0923 e. The lowest BCUT2D eigenvalue weighted by Gasteiger charge is -2.43. The Balaban J connectivity index is 1.74. The van der Waals surface area contributed by atoms with Gasteiger partial charge in [-0.3, -0.25) is 4.90 Å². The maximum atomic E-state index is 4.42. The zero-order valence-corrected chi connectivity index (χ0v) is 15.3. The van der Waals surface area contributed by atoms with E-state index in [1.165, 1.54) is 36.1 Å².